The largest absolute Gasteiger partial charge is 0.458 e. The van der Waals surface area contributed by atoms with Gasteiger partial charge in [0.05, 0.1) is 6.04 Å². The van der Waals surface area contributed by atoms with Crippen LogP contribution in [0.1, 0.15) is 25.1 Å². The third-order valence-corrected chi connectivity index (χ3v) is 4.47. The van der Waals surface area contributed by atoms with Crippen molar-refractivity contribution in [2.75, 3.05) is 19.6 Å². The number of likely N-dealkylation sites (tertiary alicyclic amines) is 1. The van der Waals surface area contributed by atoms with Gasteiger partial charge in [-0.25, -0.2) is 9.97 Å². The molecule has 0 saturated carbocycles. The molecule has 5 nitrogen and oxygen atoms in total. The quantitative estimate of drug-likeness (QED) is 0.744. The maximum atomic E-state index is 5.83. The lowest BCUT2D eigenvalue weighted by atomic mass is 10.2. The molecule has 22 heavy (non-hydrogen) atoms. The molecule has 3 aromatic rings. The number of nitrogens with zero attached hydrogens (tertiary/aromatic N) is 4. The zero-order valence-corrected chi connectivity index (χ0v) is 13.0. The Bertz CT molecular complexity index is 804. The zero-order valence-electron chi connectivity index (χ0n) is 13.0. The molecule has 3 aromatic heterocycles. The van der Waals surface area contributed by atoms with Crippen LogP contribution in [0.4, 0.5) is 0 Å². The van der Waals surface area contributed by atoms with Crippen LogP contribution in [0.3, 0.4) is 0 Å². The molecule has 0 amide bonds. The molecule has 1 saturated heterocycles. The summed E-state index contributed by atoms with van der Waals surface area (Å²) in [4.78, 5) is 11.8. The van der Waals surface area contributed by atoms with Crippen LogP contribution in [-0.4, -0.2) is 39.1 Å². The first-order chi connectivity index (χ1) is 10.8. The van der Waals surface area contributed by atoms with Gasteiger partial charge < -0.3 is 13.9 Å². The van der Waals surface area contributed by atoms with Gasteiger partial charge in [-0.2, -0.15) is 0 Å². The van der Waals surface area contributed by atoms with Gasteiger partial charge in [0.25, 0.3) is 0 Å². The van der Waals surface area contributed by atoms with Crippen LogP contribution in [0, 0.1) is 6.92 Å². The number of aryl methyl sites for hydroxylation is 1. The molecule has 1 aliphatic rings. The minimum atomic E-state index is 0.403. The molecule has 4 rings (SSSR count). The Morgan fingerprint density at radius 3 is 2.95 bits per heavy atom. The summed E-state index contributed by atoms with van der Waals surface area (Å²) in [6.45, 7) is 7.44. The van der Waals surface area contributed by atoms with Crippen LogP contribution >= 0.6 is 0 Å². The summed E-state index contributed by atoms with van der Waals surface area (Å²) < 4.78 is 8.09. The van der Waals surface area contributed by atoms with Gasteiger partial charge in [-0.1, -0.05) is 6.92 Å². The highest BCUT2D eigenvalue weighted by atomic mass is 16.3. The van der Waals surface area contributed by atoms with E-state index in [1.807, 2.05) is 37.4 Å². The smallest absolute Gasteiger partial charge is 0.178 e. The summed E-state index contributed by atoms with van der Waals surface area (Å²) in [5, 5.41) is 0. The summed E-state index contributed by atoms with van der Waals surface area (Å²) in [6.07, 6.45) is 2.97. The Morgan fingerprint density at radius 1 is 1.32 bits per heavy atom. The lowest BCUT2D eigenvalue weighted by Crippen LogP contribution is -2.21. The van der Waals surface area contributed by atoms with E-state index in [9.17, 15) is 0 Å². The average Bonchev–Trinajstić information content (AvgIpc) is 3.23. The summed E-state index contributed by atoms with van der Waals surface area (Å²) in [6, 6.07) is 8.34. The average molecular weight is 296 g/mol. The molecule has 4 heterocycles. The van der Waals surface area contributed by atoms with Gasteiger partial charge in [-0.3, -0.25) is 0 Å². The second-order valence-electron chi connectivity index (χ2n) is 5.90. The highest BCUT2D eigenvalue weighted by Crippen LogP contribution is 2.32. The lowest BCUT2D eigenvalue weighted by Gasteiger charge is -2.16. The van der Waals surface area contributed by atoms with E-state index in [1.165, 1.54) is 0 Å². The number of likely N-dealkylation sites (N-methyl/N-ethyl adjacent to an activating group) is 1. The van der Waals surface area contributed by atoms with Gasteiger partial charge >= 0.3 is 0 Å². The molecule has 0 bridgehead atoms. The van der Waals surface area contributed by atoms with Gasteiger partial charge in [-0.05, 0) is 44.2 Å². The summed E-state index contributed by atoms with van der Waals surface area (Å²) >= 11 is 0. The summed E-state index contributed by atoms with van der Waals surface area (Å²) in [7, 11) is 0. The molecule has 114 valence electrons. The van der Waals surface area contributed by atoms with Crippen LogP contribution in [0.15, 0.2) is 34.9 Å². The molecule has 1 unspecified atom stereocenters. The molecular formula is C17H20N4O. The second-order valence-corrected chi connectivity index (χ2v) is 5.90. The van der Waals surface area contributed by atoms with Gasteiger partial charge in [-0.15, -0.1) is 0 Å². The molecule has 0 spiro atoms. The van der Waals surface area contributed by atoms with Crippen molar-refractivity contribution in [2.45, 2.75) is 26.3 Å². The maximum absolute atomic E-state index is 5.83. The van der Waals surface area contributed by atoms with Crippen molar-refractivity contribution < 1.29 is 4.42 Å². The van der Waals surface area contributed by atoms with E-state index < -0.39 is 0 Å². The monoisotopic (exact) mass is 296 g/mol. The molecule has 1 fully saturated rings. The lowest BCUT2D eigenvalue weighted by molar-refractivity contribution is 0.342. The zero-order chi connectivity index (χ0) is 15.1. The van der Waals surface area contributed by atoms with E-state index in [4.69, 9.17) is 9.40 Å². The summed E-state index contributed by atoms with van der Waals surface area (Å²) in [5.74, 6) is 2.62. The van der Waals surface area contributed by atoms with Crippen molar-refractivity contribution in [1.82, 2.24) is 19.4 Å². The molecular weight excluding hydrogens is 276 g/mol. The normalized spacial score (nSPS) is 19.3. The van der Waals surface area contributed by atoms with E-state index >= 15 is 0 Å². The Kier molecular flexibility index (Phi) is 3.22. The van der Waals surface area contributed by atoms with Crippen LogP contribution in [-0.2, 0) is 0 Å². The predicted octanol–water partition coefficient (Wildman–Crippen LogP) is 3.27. The Morgan fingerprint density at radius 2 is 2.23 bits per heavy atom. The third kappa shape index (κ3) is 2.13. The fourth-order valence-corrected chi connectivity index (χ4v) is 3.31. The Labute approximate surface area is 129 Å². The van der Waals surface area contributed by atoms with Gasteiger partial charge in [0.1, 0.15) is 11.3 Å². The number of aromatic nitrogens is 3. The highest BCUT2D eigenvalue weighted by molar-refractivity contribution is 5.76. The van der Waals surface area contributed by atoms with Crippen molar-refractivity contribution in [3.8, 4) is 11.6 Å². The van der Waals surface area contributed by atoms with Crippen molar-refractivity contribution in [1.29, 1.82) is 0 Å². The topological polar surface area (TPSA) is 47.1 Å². The van der Waals surface area contributed by atoms with E-state index in [1.54, 1.807) is 0 Å². The van der Waals surface area contributed by atoms with Crippen molar-refractivity contribution in [2.24, 2.45) is 0 Å². The number of furan rings is 1. The maximum Gasteiger partial charge on any atom is 0.178 e. The SMILES string of the molecule is CCN1CCC(n2c(-c3ccc(C)o3)nc3cccnc32)C1. The molecule has 0 N–H and O–H groups in total. The van der Waals surface area contributed by atoms with Crippen molar-refractivity contribution in [3.63, 3.8) is 0 Å². The van der Waals surface area contributed by atoms with Crippen LogP contribution in [0.5, 0.6) is 0 Å². The summed E-state index contributed by atoms with van der Waals surface area (Å²) in [5.41, 5.74) is 1.89. The molecule has 1 atom stereocenters. The van der Waals surface area contributed by atoms with E-state index in [2.05, 4.69) is 21.4 Å². The first-order valence-corrected chi connectivity index (χ1v) is 7.88. The first-order valence-electron chi connectivity index (χ1n) is 7.88. The standard InChI is InChI=1S/C17H20N4O/c1-3-20-10-8-13(11-20)21-16-14(5-4-9-18-16)19-17(21)15-7-6-12(2)22-15/h4-7,9,13H,3,8,10-11H2,1-2H3. The second kappa shape index (κ2) is 5.25. The van der Waals surface area contributed by atoms with Gasteiger partial charge in [0, 0.05) is 19.3 Å². The number of rotatable bonds is 3. The number of fused-ring (bicyclic) bond motifs is 1. The fraction of sp³-hybridized carbons (Fsp3) is 0.412. The molecule has 0 aliphatic carbocycles. The van der Waals surface area contributed by atoms with Crippen molar-refractivity contribution >= 4 is 11.2 Å². The third-order valence-electron chi connectivity index (χ3n) is 4.47. The van der Waals surface area contributed by atoms with Crippen LogP contribution < -0.4 is 0 Å². The van der Waals surface area contributed by atoms with E-state index in [0.717, 1.165) is 54.6 Å². The molecule has 1 aliphatic heterocycles. The van der Waals surface area contributed by atoms with Crippen LogP contribution in [0.2, 0.25) is 0 Å². The number of imidazole rings is 1. The molecule has 5 heteroatoms. The van der Waals surface area contributed by atoms with Crippen molar-refractivity contribution in [3.05, 3.63) is 36.2 Å². The van der Waals surface area contributed by atoms with Gasteiger partial charge in [0.15, 0.2) is 17.2 Å². The first kappa shape index (κ1) is 13.5. The van der Waals surface area contributed by atoms with E-state index in [0.29, 0.717) is 6.04 Å². The van der Waals surface area contributed by atoms with Crippen LogP contribution in [0.25, 0.3) is 22.7 Å². The Balaban J connectivity index is 1.87. The minimum Gasteiger partial charge on any atom is -0.458 e. The molecule has 0 radical (unpaired) electrons. The number of pyridine rings is 1. The highest BCUT2D eigenvalue weighted by Gasteiger charge is 2.28. The number of hydrogen-bond acceptors (Lipinski definition) is 4. The molecule has 0 aromatic carbocycles. The minimum absolute atomic E-state index is 0.403. The fourth-order valence-electron chi connectivity index (χ4n) is 3.31. The van der Waals surface area contributed by atoms with Gasteiger partial charge in [0.2, 0.25) is 0 Å². The Hall–Kier alpha value is -2.14. The predicted molar refractivity (Wildman–Crippen MR) is 85.7 cm³/mol. The van der Waals surface area contributed by atoms with E-state index in [-0.39, 0.29) is 0 Å². The number of hydrogen-bond donors (Lipinski definition) is 0.